The molecule has 1 unspecified atom stereocenters. The van der Waals surface area contributed by atoms with Crippen molar-refractivity contribution in [1.29, 1.82) is 0 Å². The molecule has 0 aliphatic rings. The van der Waals surface area contributed by atoms with Crippen molar-refractivity contribution in [2.24, 2.45) is 11.8 Å². The first-order chi connectivity index (χ1) is 7.00. The van der Waals surface area contributed by atoms with Crippen molar-refractivity contribution in [3.8, 4) is 0 Å². The van der Waals surface area contributed by atoms with Crippen LogP contribution < -0.4 is 11.1 Å². The Kier molecular flexibility index (Phi) is 4.02. The number of nitrogens with zero attached hydrogens (tertiary/aromatic N) is 2. The van der Waals surface area contributed by atoms with Crippen LogP contribution in [0.5, 0.6) is 0 Å². The van der Waals surface area contributed by atoms with Crippen LogP contribution in [0.2, 0.25) is 0 Å². The van der Waals surface area contributed by atoms with E-state index in [2.05, 4.69) is 36.3 Å². The standard InChI is InChI=1S/C9H16N4OS/c1-5(2)6(3)4-11-7(14)8-12-13-9(10)15-8/h5-6H,4H2,1-3H3,(H2,10,13)(H,11,14). The van der Waals surface area contributed by atoms with Crippen LogP contribution in [0.15, 0.2) is 0 Å². The largest absolute Gasteiger partial charge is 0.374 e. The summed E-state index contributed by atoms with van der Waals surface area (Å²) < 4.78 is 0. The SMILES string of the molecule is CC(C)C(C)CNC(=O)c1nnc(N)s1. The molecule has 1 atom stereocenters. The fourth-order valence-electron chi connectivity index (χ4n) is 0.891. The van der Waals surface area contributed by atoms with Gasteiger partial charge in [-0.3, -0.25) is 4.79 Å². The van der Waals surface area contributed by atoms with E-state index in [9.17, 15) is 4.79 Å². The van der Waals surface area contributed by atoms with Gasteiger partial charge in [-0.05, 0) is 11.8 Å². The number of aromatic nitrogens is 2. The van der Waals surface area contributed by atoms with E-state index in [1.165, 1.54) is 0 Å². The maximum Gasteiger partial charge on any atom is 0.282 e. The van der Waals surface area contributed by atoms with Crippen LogP contribution in [0, 0.1) is 11.8 Å². The van der Waals surface area contributed by atoms with Gasteiger partial charge in [-0.15, -0.1) is 10.2 Å². The van der Waals surface area contributed by atoms with Crippen LogP contribution >= 0.6 is 11.3 Å². The molecule has 3 N–H and O–H groups in total. The van der Waals surface area contributed by atoms with Gasteiger partial charge in [0.2, 0.25) is 10.1 Å². The van der Waals surface area contributed by atoms with Gasteiger partial charge in [0.25, 0.3) is 5.91 Å². The van der Waals surface area contributed by atoms with Gasteiger partial charge in [-0.1, -0.05) is 32.1 Å². The Morgan fingerprint density at radius 1 is 1.47 bits per heavy atom. The average molecular weight is 228 g/mol. The number of rotatable bonds is 4. The van der Waals surface area contributed by atoms with Gasteiger partial charge >= 0.3 is 0 Å². The maximum atomic E-state index is 11.5. The molecule has 6 heteroatoms. The number of nitrogens with two attached hydrogens (primary N) is 1. The molecule has 1 rings (SSSR count). The molecule has 0 aliphatic heterocycles. The van der Waals surface area contributed by atoms with E-state index in [0.29, 0.717) is 28.5 Å². The summed E-state index contributed by atoms with van der Waals surface area (Å²) in [5.41, 5.74) is 5.39. The quantitative estimate of drug-likeness (QED) is 0.809. The van der Waals surface area contributed by atoms with Crippen LogP contribution in [0.4, 0.5) is 5.13 Å². The highest BCUT2D eigenvalue weighted by molar-refractivity contribution is 7.16. The molecule has 0 fully saturated rings. The van der Waals surface area contributed by atoms with Crippen LogP contribution in [-0.4, -0.2) is 22.6 Å². The molecular formula is C9H16N4OS. The Bertz CT molecular complexity index is 337. The van der Waals surface area contributed by atoms with E-state index < -0.39 is 0 Å². The van der Waals surface area contributed by atoms with Crippen LogP contribution in [-0.2, 0) is 0 Å². The molecule has 0 saturated carbocycles. The molecule has 84 valence electrons. The van der Waals surface area contributed by atoms with Gasteiger partial charge in [0, 0.05) is 6.54 Å². The summed E-state index contributed by atoms with van der Waals surface area (Å²) in [6, 6.07) is 0. The molecule has 0 aromatic carbocycles. The molecule has 0 bridgehead atoms. The first-order valence-corrected chi connectivity index (χ1v) is 5.69. The van der Waals surface area contributed by atoms with E-state index in [0.717, 1.165) is 11.3 Å². The lowest BCUT2D eigenvalue weighted by Crippen LogP contribution is -2.30. The number of nitrogen functional groups attached to an aromatic ring is 1. The topological polar surface area (TPSA) is 80.9 Å². The Balaban J connectivity index is 2.43. The van der Waals surface area contributed by atoms with E-state index in [1.807, 2.05) is 0 Å². The van der Waals surface area contributed by atoms with Crippen molar-refractivity contribution in [2.45, 2.75) is 20.8 Å². The summed E-state index contributed by atoms with van der Waals surface area (Å²) in [6.07, 6.45) is 0. The van der Waals surface area contributed by atoms with Gasteiger partial charge in [0.05, 0.1) is 0 Å². The number of hydrogen-bond donors (Lipinski definition) is 2. The molecule has 0 spiro atoms. The van der Waals surface area contributed by atoms with Gasteiger partial charge in [0.1, 0.15) is 0 Å². The zero-order valence-corrected chi connectivity index (χ0v) is 9.97. The molecular weight excluding hydrogens is 212 g/mol. The number of hydrogen-bond acceptors (Lipinski definition) is 5. The number of carbonyl (C=O) groups is 1. The summed E-state index contributed by atoms with van der Waals surface area (Å²) in [6.45, 7) is 6.99. The number of amides is 1. The molecule has 0 radical (unpaired) electrons. The Labute approximate surface area is 93.1 Å². The summed E-state index contributed by atoms with van der Waals surface area (Å²) in [5.74, 6) is 0.792. The van der Waals surface area contributed by atoms with Gasteiger partial charge in [-0.2, -0.15) is 0 Å². The summed E-state index contributed by atoms with van der Waals surface area (Å²) in [5, 5.41) is 10.7. The average Bonchev–Trinajstić information content (AvgIpc) is 2.60. The molecule has 0 saturated heterocycles. The molecule has 0 aliphatic carbocycles. The summed E-state index contributed by atoms with van der Waals surface area (Å²) in [4.78, 5) is 11.5. The number of nitrogens with one attached hydrogen (secondary N) is 1. The lowest BCUT2D eigenvalue weighted by molar-refractivity contribution is 0.0944. The Hall–Kier alpha value is -1.17. The van der Waals surface area contributed by atoms with Gasteiger partial charge in [0.15, 0.2) is 0 Å². The van der Waals surface area contributed by atoms with Crippen molar-refractivity contribution < 1.29 is 4.79 Å². The zero-order valence-electron chi connectivity index (χ0n) is 9.15. The fraction of sp³-hybridized carbons (Fsp3) is 0.667. The van der Waals surface area contributed by atoms with Crippen molar-refractivity contribution >= 4 is 22.4 Å². The minimum absolute atomic E-state index is 0.197. The number of anilines is 1. The third-order valence-corrected chi connectivity index (χ3v) is 3.11. The Morgan fingerprint density at radius 2 is 2.13 bits per heavy atom. The minimum Gasteiger partial charge on any atom is -0.374 e. The smallest absolute Gasteiger partial charge is 0.282 e. The predicted octanol–water partition coefficient (Wildman–Crippen LogP) is 1.14. The first kappa shape index (κ1) is 11.9. The van der Waals surface area contributed by atoms with Gasteiger partial charge in [-0.25, -0.2) is 0 Å². The van der Waals surface area contributed by atoms with E-state index in [1.54, 1.807) is 0 Å². The fourth-order valence-corrected chi connectivity index (χ4v) is 1.42. The van der Waals surface area contributed by atoms with Crippen molar-refractivity contribution in [2.75, 3.05) is 12.3 Å². The number of carbonyl (C=O) groups excluding carboxylic acids is 1. The molecule has 5 nitrogen and oxygen atoms in total. The van der Waals surface area contributed by atoms with Crippen molar-refractivity contribution in [3.63, 3.8) is 0 Å². The molecule has 1 aromatic rings. The lowest BCUT2D eigenvalue weighted by atomic mass is 9.98. The maximum absolute atomic E-state index is 11.5. The molecule has 1 heterocycles. The molecule has 1 amide bonds. The zero-order chi connectivity index (χ0) is 11.4. The molecule has 15 heavy (non-hydrogen) atoms. The van der Waals surface area contributed by atoms with Crippen LogP contribution in [0.1, 0.15) is 30.6 Å². The second-order valence-electron chi connectivity index (χ2n) is 3.88. The van der Waals surface area contributed by atoms with E-state index in [-0.39, 0.29) is 5.91 Å². The minimum atomic E-state index is -0.197. The van der Waals surface area contributed by atoms with Crippen LogP contribution in [0.25, 0.3) is 0 Å². The summed E-state index contributed by atoms with van der Waals surface area (Å²) >= 11 is 1.10. The highest BCUT2D eigenvalue weighted by atomic mass is 32.1. The first-order valence-electron chi connectivity index (χ1n) is 4.88. The second-order valence-corrected chi connectivity index (χ2v) is 4.89. The van der Waals surface area contributed by atoms with Gasteiger partial charge < -0.3 is 11.1 Å². The Morgan fingerprint density at radius 3 is 2.60 bits per heavy atom. The summed E-state index contributed by atoms with van der Waals surface area (Å²) in [7, 11) is 0. The van der Waals surface area contributed by atoms with E-state index in [4.69, 9.17) is 5.73 Å². The van der Waals surface area contributed by atoms with Crippen LogP contribution in [0.3, 0.4) is 0 Å². The third-order valence-electron chi connectivity index (χ3n) is 2.36. The third kappa shape index (κ3) is 3.47. The highest BCUT2D eigenvalue weighted by Crippen LogP contribution is 2.11. The highest BCUT2D eigenvalue weighted by Gasteiger charge is 2.13. The second kappa shape index (κ2) is 5.06. The molecule has 1 aromatic heterocycles. The normalized spacial score (nSPS) is 12.8. The van der Waals surface area contributed by atoms with Crippen molar-refractivity contribution in [3.05, 3.63) is 5.01 Å². The van der Waals surface area contributed by atoms with Crippen molar-refractivity contribution in [1.82, 2.24) is 15.5 Å². The lowest BCUT2D eigenvalue weighted by Gasteiger charge is -2.15. The monoisotopic (exact) mass is 228 g/mol. The predicted molar refractivity (Wildman–Crippen MR) is 60.7 cm³/mol. The van der Waals surface area contributed by atoms with E-state index >= 15 is 0 Å².